The summed E-state index contributed by atoms with van der Waals surface area (Å²) in [5.74, 6) is -1.18. The number of nitrogens with one attached hydrogen (secondary N) is 1. The highest BCUT2D eigenvalue weighted by atomic mass is 16.5. The first-order valence-corrected chi connectivity index (χ1v) is 10.1. The predicted molar refractivity (Wildman–Crippen MR) is 120 cm³/mol. The lowest BCUT2D eigenvalue weighted by Crippen LogP contribution is -2.10. The summed E-state index contributed by atoms with van der Waals surface area (Å²) < 4.78 is 7.21. The molecule has 32 heavy (non-hydrogen) atoms. The fraction of sp³-hybridized carbons (Fsp3) is 0.250. The minimum absolute atomic E-state index is 0.139. The summed E-state index contributed by atoms with van der Waals surface area (Å²) in [6, 6.07) is 12.8. The number of carbonyl (C=O) groups is 1. The molecule has 0 aliphatic carbocycles. The first-order chi connectivity index (χ1) is 15.4. The van der Waals surface area contributed by atoms with E-state index in [1.807, 2.05) is 38.1 Å². The number of aryl methyl sites for hydroxylation is 1. The molecule has 0 spiro atoms. The number of benzene rings is 1. The van der Waals surface area contributed by atoms with Crippen LogP contribution in [0.15, 0.2) is 41.7 Å². The second-order valence-electron chi connectivity index (χ2n) is 7.26. The van der Waals surface area contributed by atoms with Gasteiger partial charge in [-0.2, -0.15) is 10.5 Å². The first kappa shape index (κ1) is 22.4. The summed E-state index contributed by atoms with van der Waals surface area (Å²) in [7, 11) is 0. The number of H-pyrrole nitrogens is 1. The van der Waals surface area contributed by atoms with Gasteiger partial charge in [-0.05, 0) is 50.1 Å². The Kier molecular flexibility index (Phi) is 6.77. The third-order valence-corrected chi connectivity index (χ3v) is 5.07. The average molecular weight is 429 g/mol. The van der Waals surface area contributed by atoms with Gasteiger partial charge in [-0.1, -0.05) is 19.1 Å². The van der Waals surface area contributed by atoms with Crippen LogP contribution in [0, 0.1) is 36.5 Å². The number of carbonyl (C=O) groups excluding carboxylic acids is 1. The van der Waals surface area contributed by atoms with Crippen molar-refractivity contribution in [2.45, 2.75) is 33.7 Å². The number of para-hydroxylation sites is 2. The number of aliphatic hydroxyl groups excluding tert-OH is 1. The van der Waals surface area contributed by atoms with Gasteiger partial charge < -0.3 is 19.4 Å². The highest BCUT2D eigenvalue weighted by molar-refractivity contribution is 5.98. The molecule has 0 atom stereocenters. The van der Waals surface area contributed by atoms with Gasteiger partial charge in [0.15, 0.2) is 11.6 Å². The number of fused-ring (bicyclic) bond motifs is 1. The number of hydrogen-bond acceptors (Lipinski definition) is 6. The molecule has 8 heteroatoms. The third kappa shape index (κ3) is 4.55. The molecule has 0 aliphatic heterocycles. The quantitative estimate of drug-likeness (QED) is 0.249. The molecule has 2 N–H and O–H groups in total. The molecule has 0 saturated carbocycles. The fourth-order valence-corrected chi connectivity index (χ4v) is 3.44. The second-order valence-corrected chi connectivity index (χ2v) is 7.26. The fourth-order valence-electron chi connectivity index (χ4n) is 3.44. The van der Waals surface area contributed by atoms with Gasteiger partial charge in [0, 0.05) is 17.9 Å². The van der Waals surface area contributed by atoms with E-state index in [0.717, 1.165) is 29.9 Å². The maximum absolute atomic E-state index is 12.4. The van der Waals surface area contributed by atoms with Gasteiger partial charge in [0.1, 0.15) is 29.9 Å². The highest BCUT2D eigenvalue weighted by Crippen LogP contribution is 2.21. The Labute approximate surface area is 185 Å². The third-order valence-electron chi connectivity index (χ3n) is 5.07. The number of imidazole rings is 1. The van der Waals surface area contributed by atoms with Gasteiger partial charge >= 0.3 is 5.97 Å². The lowest BCUT2D eigenvalue weighted by atomic mass is 10.1. The molecule has 0 saturated heterocycles. The summed E-state index contributed by atoms with van der Waals surface area (Å²) in [5.41, 5.74) is 3.74. The summed E-state index contributed by atoms with van der Waals surface area (Å²) in [6.45, 7) is 6.25. The van der Waals surface area contributed by atoms with E-state index in [0.29, 0.717) is 11.0 Å². The Hall–Kier alpha value is -4.30. The number of aromatic nitrogens is 3. The summed E-state index contributed by atoms with van der Waals surface area (Å²) in [6.07, 6.45) is 2.44. The van der Waals surface area contributed by atoms with Crippen molar-refractivity contribution in [2.24, 2.45) is 0 Å². The smallest absolute Gasteiger partial charge is 0.349 e. The van der Waals surface area contributed by atoms with Crippen LogP contribution < -0.4 is 0 Å². The molecule has 3 rings (SSSR count). The van der Waals surface area contributed by atoms with E-state index < -0.39 is 18.3 Å². The van der Waals surface area contributed by atoms with Crippen LogP contribution in [-0.4, -0.2) is 32.2 Å². The average Bonchev–Trinajstić information content (AvgIpc) is 3.32. The van der Waals surface area contributed by atoms with Crippen molar-refractivity contribution in [2.75, 3.05) is 6.61 Å². The number of nitriles is 2. The van der Waals surface area contributed by atoms with E-state index in [9.17, 15) is 20.4 Å². The predicted octanol–water partition coefficient (Wildman–Crippen LogP) is 4.33. The molecule has 0 aliphatic rings. The van der Waals surface area contributed by atoms with Crippen molar-refractivity contribution in [3.8, 4) is 12.1 Å². The minimum atomic E-state index is -0.888. The Balaban J connectivity index is 1.79. The molecule has 0 unspecified atom stereocenters. The molecule has 2 aromatic heterocycles. The molecule has 2 heterocycles. The molecule has 162 valence electrons. The van der Waals surface area contributed by atoms with Gasteiger partial charge in [-0.15, -0.1) is 0 Å². The number of rotatable bonds is 7. The second kappa shape index (κ2) is 9.67. The highest BCUT2D eigenvalue weighted by Gasteiger charge is 2.18. The van der Waals surface area contributed by atoms with Gasteiger partial charge in [0.05, 0.1) is 11.0 Å². The van der Waals surface area contributed by atoms with Crippen molar-refractivity contribution >= 4 is 28.7 Å². The molecule has 0 radical (unpaired) electrons. The van der Waals surface area contributed by atoms with Gasteiger partial charge in [-0.3, -0.25) is 0 Å². The molecule has 0 fully saturated rings. The lowest BCUT2D eigenvalue weighted by Gasteiger charge is -2.07. The van der Waals surface area contributed by atoms with Crippen LogP contribution in [0.25, 0.3) is 22.7 Å². The van der Waals surface area contributed by atoms with Crippen LogP contribution in [0.3, 0.4) is 0 Å². The summed E-state index contributed by atoms with van der Waals surface area (Å²) in [4.78, 5) is 19.7. The molecule has 1 aromatic carbocycles. The summed E-state index contributed by atoms with van der Waals surface area (Å²) >= 11 is 0. The lowest BCUT2D eigenvalue weighted by molar-refractivity contribution is -0.138. The number of aromatic amines is 1. The number of allylic oxidation sites excluding steroid dienone is 1. The van der Waals surface area contributed by atoms with E-state index in [-0.39, 0.29) is 17.0 Å². The Bertz CT molecular complexity index is 1280. The van der Waals surface area contributed by atoms with Crippen LogP contribution >= 0.6 is 0 Å². The molecule has 8 nitrogen and oxygen atoms in total. The molecule has 0 bridgehead atoms. The first-order valence-electron chi connectivity index (χ1n) is 10.1. The van der Waals surface area contributed by atoms with E-state index in [2.05, 4.69) is 21.5 Å². The Morgan fingerprint density at radius 2 is 2.03 bits per heavy atom. The van der Waals surface area contributed by atoms with Crippen LogP contribution in [0.1, 0.15) is 36.1 Å². The maximum Gasteiger partial charge on any atom is 0.349 e. The number of nitrogens with zero attached hydrogens (tertiary/aromatic N) is 4. The van der Waals surface area contributed by atoms with Crippen molar-refractivity contribution in [3.63, 3.8) is 0 Å². The van der Waals surface area contributed by atoms with Gasteiger partial charge in [0.25, 0.3) is 0 Å². The zero-order valence-electron chi connectivity index (χ0n) is 18.1. The number of esters is 1. The van der Waals surface area contributed by atoms with Crippen molar-refractivity contribution in [1.82, 2.24) is 14.5 Å². The molecule has 3 aromatic rings. The standard InChI is InChI=1S/C24H23N5O3/c1-4-9-29-15(2)10-17(16(29)3)11-18(12-25)24(31)32-14-22(30)19(13-26)23-27-20-7-5-6-8-21(20)28-23/h5-8,10-11,30H,4,9,14H2,1-3H3,(H,27,28)/b18-11+,22-19-. The monoisotopic (exact) mass is 429 g/mol. The van der Waals surface area contributed by atoms with Crippen molar-refractivity contribution < 1.29 is 14.6 Å². The SMILES string of the molecule is CCCn1c(C)cc(/C=C(\C#N)C(=O)OC/C(O)=C(\C#N)c2nc3ccccc3[nH]2)c1C. The zero-order chi connectivity index (χ0) is 23.3. The van der Waals surface area contributed by atoms with Crippen molar-refractivity contribution in [1.29, 1.82) is 10.5 Å². The molecule has 0 amide bonds. The zero-order valence-corrected chi connectivity index (χ0v) is 18.1. The van der Waals surface area contributed by atoms with Crippen LogP contribution in [0.2, 0.25) is 0 Å². The Morgan fingerprint density at radius 1 is 1.28 bits per heavy atom. The van der Waals surface area contributed by atoms with Crippen LogP contribution in [-0.2, 0) is 16.1 Å². The number of ether oxygens (including phenoxy) is 1. The van der Waals surface area contributed by atoms with Crippen LogP contribution in [0.4, 0.5) is 0 Å². The number of aliphatic hydroxyl groups is 1. The van der Waals surface area contributed by atoms with Gasteiger partial charge in [-0.25, -0.2) is 9.78 Å². The van der Waals surface area contributed by atoms with E-state index >= 15 is 0 Å². The minimum Gasteiger partial charge on any atom is -0.507 e. The summed E-state index contributed by atoms with van der Waals surface area (Å²) in [5, 5.41) is 29.2. The Morgan fingerprint density at radius 3 is 2.69 bits per heavy atom. The normalized spacial score (nSPS) is 12.2. The van der Waals surface area contributed by atoms with E-state index in [1.54, 1.807) is 18.2 Å². The molecular formula is C24H23N5O3. The maximum atomic E-state index is 12.4. The van der Waals surface area contributed by atoms with E-state index in [4.69, 9.17) is 4.74 Å². The van der Waals surface area contributed by atoms with E-state index in [1.165, 1.54) is 6.08 Å². The van der Waals surface area contributed by atoms with Crippen LogP contribution in [0.5, 0.6) is 0 Å². The van der Waals surface area contributed by atoms with Gasteiger partial charge in [0.2, 0.25) is 0 Å². The molecular weight excluding hydrogens is 406 g/mol. The number of hydrogen-bond donors (Lipinski definition) is 2. The largest absolute Gasteiger partial charge is 0.507 e. The topological polar surface area (TPSA) is 128 Å². The van der Waals surface area contributed by atoms with Crippen molar-refractivity contribution in [3.05, 3.63) is 64.4 Å².